The maximum absolute atomic E-state index is 13.7. The Morgan fingerprint density at radius 2 is 1.60 bits per heavy atom. The van der Waals surface area contributed by atoms with Gasteiger partial charge in [-0.25, -0.2) is 8.78 Å². The molecule has 0 fully saturated rings. The Hall–Kier alpha value is -1.75. The third-order valence-corrected chi connectivity index (χ3v) is 3.45. The zero-order valence-corrected chi connectivity index (χ0v) is 12.0. The van der Waals surface area contributed by atoms with Crippen molar-refractivity contribution in [2.75, 3.05) is 0 Å². The molecule has 1 aromatic heterocycles. The van der Waals surface area contributed by atoms with Crippen molar-refractivity contribution in [2.45, 2.75) is 39.8 Å². The average Bonchev–Trinajstić information content (AvgIpc) is 2.68. The van der Waals surface area contributed by atoms with E-state index in [-0.39, 0.29) is 11.6 Å². The van der Waals surface area contributed by atoms with E-state index in [2.05, 4.69) is 10.5 Å². The molecule has 3 nitrogen and oxygen atoms in total. The second-order valence-corrected chi connectivity index (χ2v) is 4.98. The predicted octanol–water partition coefficient (Wildman–Crippen LogP) is 3.98. The van der Waals surface area contributed by atoms with E-state index in [0.717, 1.165) is 11.3 Å². The maximum Gasteiger partial charge on any atom is 0.138 e. The number of hydrogen-bond acceptors (Lipinski definition) is 3. The number of halogens is 2. The highest BCUT2D eigenvalue weighted by atomic mass is 19.1. The van der Waals surface area contributed by atoms with E-state index >= 15 is 0 Å². The van der Waals surface area contributed by atoms with E-state index in [9.17, 15) is 8.78 Å². The van der Waals surface area contributed by atoms with Crippen LogP contribution in [0.25, 0.3) is 0 Å². The van der Waals surface area contributed by atoms with Crippen molar-refractivity contribution in [1.29, 1.82) is 0 Å². The van der Waals surface area contributed by atoms with Gasteiger partial charge in [-0.2, -0.15) is 0 Å². The van der Waals surface area contributed by atoms with Gasteiger partial charge in [0.2, 0.25) is 0 Å². The van der Waals surface area contributed by atoms with Gasteiger partial charge in [0.05, 0.1) is 5.69 Å². The molecule has 0 saturated heterocycles. The fourth-order valence-corrected chi connectivity index (χ4v) is 2.57. The number of benzene rings is 1. The molecule has 1 N–H and O–H groups in total. The molecular weight excluding hydrogens is 262 g/mol. The van der Waals surface area contributed by atoms with Gasteiger partial charge in [0.25, 0.3) is 0 Å². The smallest absolute Gasteiger partial charge is 0.138 e. The Morgan fingerprint density at radius 1 is 1.05 bits per heavy atom. The van der Waals surface area contributed by atoms with Gasteiger partial charge in [-0.15, -0.1) is 0 Å². The summed E-state index contributed by atoms with van der Waals surface area (Å²) in [5.41, 5.74) is 1.75. The molecule has 1 aromatic carbocycles. The van der Waals surface area contributed by atoms with Gasteiger partial charge in [0.15, 0.2) is 0 Å². The van der Waals surface area contributed by atoms with E-state index in [4.69, 9.17) is 4.52 Å². The first-order valence-electron chi connectivity index (χ1n) is 6.54. The zero-order chi connectivity index (χ0) is 14.9. The van der Waals surface area contributed by atoms with Gasteiger partial charge in [0.1, 0.15) is 17.4 Å². The topological polar surface area (TPSA) is 38.1 Å². The molecule has 0 aliphatic rings. The summed E-state index contributed by atoms with van der Waals surface area (Å²) in [6, 6.07) is 3.31. The molecule has 0 spiro atoms. The van der Waals surface area contributed by atoms with E-state index in [1.165, 1.54) is 18.2 Å². The summed E-state index contributed by atoms with van der Waals surface area (Å²) in [6.45, 7) is 7.32. The minimum absolute atomic E-state index is 0.0473. The van der Waals surface area contributed by atoms with E-state index in [0.29, 0.717) is 5.76 Å². The van der Waals surface area contributed by atoms with E-state index in [1.807, 2.05) is 20.8 Å². The summed E-state index contributed by atoms with van der Waals surface area (Å²) in [6.07, 6.45) is 0. The third kappa shape index (κ3) is 2.72. The fourth-order valence-electron chi connectivity index (χ4n) is 2.57. The highest BCUT2D eigenvalue weighted by Crippen LogP contribution is 2.26. The van der Waals surface area contributed by atoms with Crippen LogP contribution in [0, 0.1) is 25.5 Å². The minimum atomic E-state index is -0.545. The molecule has 0 aliphatic carbocycles. The lowest BCUT2D eigenvalue weighted by atomic mass is 10.0. The zero-order valence-electron chi connectivity index (χ0n) is 12.0. The predicted molar refractivity (Wildman–Crippen MR) is 72.3 cm³/mol. The molecule has 0 saturated carbocycles. The van der Waals surface area contributed by atoms with Crippen molar-refractivity contribution >= 4 is 0 Å². The highest BCUT2D eigenvalue weighted by molar-refractivity contribution is 5.27. The summed E-state index contributed by atoms with van der Waals surface area (Å²) in [4.78, 5) is 0. The normalized spacial score (nSPS) is 14.3. The van der Waals surface area contributed by atoms with Crippen LogP contribution in [0.15, 0.2) is 22.7 Å². The Morgan fingerprint density at radius 3 is 2.10 bits per heavy atom. The van der Waals surface area contributed by atoms with Crippen LogP contribution >= 0.6 is 0 Å². The summed E-state index contributed by atoms with van der Waals surface area (Å²) in [5, 5.41) is 7.07. The van der Waals surface area contributed by atoms with Crippen molar-refractivity contribution in [3.8, 4) is 0 Å². The van der Waals surface area contributed by atoms with Crippen molar-refractivity contribution in [2.24, 2.45) is 0 Å². The second-order valence-electron chi connectivity index (χ2n) is 4.98. The van der Waals surface area contributed by atoms with Crippen LogP contribution in [0.2, 0.25) is 0 Å². The van der Waals surface area contributed by atoms with Crippen LogP contribution in [-0.2, 0) is 0 Å². The van der Waals surface area contributed by atoms with Gasteiger partial charge < -0.3 is 9.84 Å². The van der Waals surface area contributed by atoms with E-state index in [1.54, 1.807) is 6.92 Å². The Balaban J connectivity index is 2.22. The van der Waals surface area contributed by atoms with Gasteiger partial charge in [-0.05, 0) is 39.8 Å². The average molecular weight is 280 g/mol. The van der Waals surface area contributed by atoms with Gasteiger partial charge in [-0.3, -0.25) is 0 Å². The quantitative estimate of drug-likeness (QED) is 0.920. The standard InChI is InChI=1S/C15H18F2N2O/c1-8(14-10(3)19-20-11(14)4)18-9(2)15-12(16)6-5-7-13(15)17/h5-9,18H,1-4H3. The first-order valence-corrected chi connectivity index (χ1v) is 6.54. The van der Waals surface area contributed by atoms with Crippen LogP contribution in [0.4, 0.5) is 8.78 Å². The maximum atomic E-state index is 13.7. The molecule has 0 amide bonds. The third-order valence-electron chi connectivity index (χ3n) is 3.45. The monoisotopic (exact) mass is 280 g/mol. The lowest BCUT2D eigenvalue weighted by Crippen LogP contribution is -2.24. The molecule has 2 rings (SSSR count). The lowest BCUT2D eigenvalue weighted by molar-refractivity contribution is 0.388. The molecule has 5 heteroatoms. The van der Waals surface area contributed by atoms with Gasteiger partial charge >= 0.3 is 0 Å². The number of nitrogens with zero attached hydrogens (tertiary/aromatic N) is 1. The van der Waals surface area contributed by atoms with Crippen LogP contribution < -0.4 is 5.32 Å². The van der Waals surface area contributed by atoms with Crippen LogP contribution in [0.1, 0.15) is 48.5 Å². The Kier molecular flexibility index (Phi) is 4.18. The largest absolute Gasteiger partial charge is 0.361 e. The molecule has 2 aromatic rings. The first-order chi connectivity index (χ1) is 9.41. The van der Waals surface area contributed by atoms with Crippen LogP contribution in [0.3, 0.4) is 0 Å². The number of aryl methyl sites for hydroxylation is 2. The molecule has 2 atom stereocenters. The first kappa shape index (κ1) is 14.7. The molecule has 0 bridgehead atoms. The summed E-state index contributed by atoms with van der Waals surface area (Å²) in [7, 11) is 0. The molecule has 0 aliphatic heterocycles. The molecule has 20 heavy (non-hydrogen) atoms. The second kappa shape index (κ2) is 5.71. The lowest BCUT2D eigenvalue weighted by Gasteiger charge is -2.21. The molecular formula is C15H18F2N2O. The summed E-state index contributed by atoms with van der Waals surface area (Å²) >= 11 is 0. The molecule has 108 valence electrons. The molecule has 1 heterocycles. The van der Waals surface area contributed by atoms with Crippen LogP contribution in [0.5, 0.6) is 0 Å². The van der Waals surface area contributed by atoms with Crippen LogP contribution in [-0.4, -0.2) is 5.16 Å². The van der Waals surface area contributed by atoms with E-state index < -0.39 is 17.7 Å². The van der Waals surface area contributed by atoms with Crippen molar-refractivity contribution < 1.29 is 13.3 Å². The minimum Gasteiger partial charge on any atom is -0.361 e. The Labute approximate surface area is 117 Å². The van der Waals surface area contributed by atoms with Gasteiger partial charge in [-0.1, -0.05) is 11.2 Å². The molecule has 2 unspecified atom stereocenters. The van der Waals surface area contributed by atoms with Crippen molar-refractivity contribution in [3.63, 3.8) is 0 Å². The Bertz CT molecular complexity index is 570. The highest BCUT2D eigenvalue weighted by Gasteiger charge is 2.21. The number of aromatic nitrogens is 1. The summed E-state index contributed by atoms with van der Waals surface area (Å²) in [5.74, 6) is -0.379. The van der Waals surface area contributed by atoms with Crippen molar-refractivity contribution in [3.05, 3.63) is 52.4 Å². The number of rotatable bonds is 4. The molecule has 0 radical (unpaired) electrons. The number of nitrogens with one attached hydrogen (secondary N) is 1. The van der Waals surface area contributed by atoms with Gasteiger partial charge in [0, 0.05) is 23.2 Å². The SMILES string of the molecule is Cc1noc(C)c1C(C)NC(C)c1c(F)cccc1F. The number of hydrogen-bond donors (Lipinski definition) is 1. The van der Waals surface area contributed by atoms with Crippen molar-refractivity contribution in [1.82, 2.24) is 10.5 Å². The summed E-state index contributed by atoms with van der Waals surface area (Å²) < 4.78 is 32.6. The fraction of sp³-hybridized carbons (Fsp3) is 0.400.